The molecular formula is C13H16BrKN2O2. The topological polar surface area (TPSA) is 62.0 Å². The molecule has 4 nitrogen and oxygen atoms in total. The number of nitrogens with zero attached hydrogens (tertiary/aromatic N) is 2. The molecule has 0 unspecified atom stereocenters. The molecule has 2 aromatic rings. The number of aryl methyl sites for hydroxylation is 1. The first-order chi connectivity index (χ1) is 8.25. The summed E-state index contributed by atoms with van der Waals surface area (Å²) in [6, 6.07) is 7.78. The van der Waals surface area contributed by atoms with Crippen LogP contribution in [0.2, 0.25) is 0 Å². The number of rotatable bonds is 1. The summed E-state index contributed by atoms with van der Waals surface area (Å²) in [6.45, 7) is 6.67. The van der Waals surface area contributed by atoms with Crippen LogP contribution in [0.4, 0.5) is 0 Å². The molecule has 0 amide bonds. The standard InChI is InChI=1S/C9H7BrN2O.C4H9O.K/c1-6-11-9(12-13-6)7-3-2-4-8(10)5-7;1-4(2,3)5;/h2-5H,1H3;1-3H3;/q;-1;+1. The van der Waals surface area contributed by atoms with Gasteiger partial charge in [0.1, 0.15) is 0 Å². The van der Waals surface area contributed by atoms with Gasteiger partial charge in [-0.15, -0.1) is 5.60 Å². The molecule has 2 rings (SSSR count). The van der Waals surface area contributed by atoms with Gasteiger partial charge in [-0.1, -0.05) is 54.0 Å². The largest absolute Gasteiger partial charge is 1.00 e. The van der Waals surface area contributed by atoms with Crippen LogP contribution in [-0.4, -0.2) is 15.7 Å². The van der Waals surface area contributed by atoms with Gasteiger partial charge < -0.3 is 9.63 Å². The second-order valence-electron chi connectivity index (χ2n) is 4.76. The van der Waals surface area contributed by atoms with E-state index < -0.39 is 5.60 Å². The van der Waals surface area contributed by atoms with Gasteiger partial charge in [-0.05, 0) is 12.1 Å². The van der Waals surface area contributed by atoms with E-state index in [1.54, 1.807) is 27.7 Å². The van der Waals surface area contributed by atoms with Crippen LogP contribution in [0.25, 0.3) is 11.4 Å². The van der Waals surface area contributed by atoms with Gasteiger partial charge in [0, 0.05) is 17.0 Å². The minimum Gasteiger partial charge on any atom is -0.850 e. The maximum Gasteiger partial charge on any atom is 1.00 e. The molecule has 0 fully saturated rings. The molecule has 0 N–H and O–H groups in total. The van der Waals surface area contributed by atoms with Gasteiger partial charge in [0.05, 0.1) is 0 Å². The Morgan fingerprint density at radius 2 is 1.84 bits per heavy atom. The third kappa shape index (κ3) is 9.07. The van der Waals surface area contributed by atoms with E-state index in [1.165, 1.54) is 0 Å². The molecule has 0 saturated heterocycles. The summed E-state index contributed by atoms with van der Waals surface area (Å²) in [6.07, 6.45) is 0. The summed E-state index contributed by atoms with van der Waals surface area (Å²) in [5.41, 5.74) is 0.200. The maximum absolute atomic E-state index is 10.1. The Bertz CT molecular complexity index is 503. The molecular weight excluding hydrogens is 335 g/mol. The summed E-state index contributed by atoms with van der Waals surface area (Å²) in [5, 5.41) is 13.9. The monoisotopic (exact) mass is 350 g/mol. The zero-order valence-corrected chi connectivity index (χ0v) is 16.6. The van der Waals surface area contributed by atoms with Crippen LogP contribution in [0.3, 0.4) is 0 Å². The summed E-state index contributed by atoms with van der Waals surface area (Å²) < 4.78 is 5.89. The van der Waals surface area contributed by atoms with Crippen molar-refractivity contribution in [1.29, 1.82) is 0 Å². The van der Waals surface area contributed by atoms with Crippen LogP contribution in [0, 0.1) is 6.92 Å². The molecule has 6 heteroatoms. The Balaban J connectivity index is 0.000000471. The second-order valence-corrected chi connectivity index (χ2v) is 5.68. The fourth-order valence-electron chi connectivity index (χ4n) is 1.04. The molecule has 1 aromatic carbocycles. The van der Waals surface area contributed by atoms with Crippen molar-refractivity contribution >= 4 is 15.9 Å². The normalized spacial score (nSPS) is 10.2. The minimum atomic E-state index is -0.750. The van der Waals surface area contributed by atoms with Crippen LogP contribution >= 0.6 is 15.9 Å². The first kappa shape index (κ1) is 19.4. The zero-order chi connectivity index (χ0) is 13.8. The summed E-state index contributed by atoms with van der Waals surface area (Å²) in [5.74, 6) is 1.20. The van der Waals surface area contributed by atoms with E-state index in [1.807, 2.05) is 24.3 Å². The zero-order valence-electron chi connectivity index (χ0n) is 11.9. The Kier molecular flexibility index (Phi) is 8.86. The molecule has 0 aliphatic heterocycles. The van der Waals surface area contributed by atoms with Crippen molar-refractivity contribution in [2.75, 3.05) is 0 Å². The van der Waals surface area contributed by atoms with E-state index >= 15 is 0 Å². The average Bonchev–Trinajstić information content (AvgIpc) is 2.62. The Morgan fingerprint density at radius 1 is 1.26 bits per heavy atom. The van der Waals surface area contributed by atoms with Crippen molar-refractivity contribution in [2.45, 2.75) is 33.3 Å². The Hall–Kier alpha value is 0.436. The first-order valence-corrected chi connectivity index (χ1v) is 6.31. The molecule has 0 aliphatic carbocycles. The summed E-state index contributed by atoms with van der Waals surface area (Å²) in [7, 11) is 0. The first-order valence-electron chi connectivity index (χ1n) is 5.52. The van der Waals surface area contributed by atoms with Crippen LogP contribution in [-0.2, 0) is 0 Å². The number of halogens is 1. The maximum atomic E-state index is 10.1. The molecule has 0 spiro atoms. The van der Waals surface area contributed by atoms with E-state index in [2.05, 4.69) is 26.1 Å². The van der Waals surface area contributed by atoms with Crippen molar-refractivity contribution in [1.82, 2.24) is 10.1 Å². The van der Waals surface area contributed by atoms with E-state index in [-0.39, 0.29) is 51.4 Å². The SMILES string of the molecule is CC(C)(C)[O-].Cc1nc(-c2cccc(Br)c2)no1.[K+]. The molecule has 0 radical (unpaired) electrons. The molecule has 0 aliphatic rings. The van der Waals surface area contributed by atoms with E-state index in [0.717, 1.165) is 10.0 Å². The van der Waals surface area contributed by atoms with Gasteiger partial charge in [-0.2, -0.15) is 4.98 Å². The van der Waals surface area contributed by atoms with Gasteiger partial charge in [0.25, 0.3) is 0 Å². The van der Waals surface area contributed by atoms with E-state index in [9.17, 15) is 5.11 Å². The quantitative estimate of drug-likeness (QED) is 0.677. The second kappa shape index (κ2) is 8.66. The van der Waals surface area contributed by atoms with Gasteiger partial charge in [0.2, 0.25) is 11.7 Å². The number of aromatic nitrogens is 2. The van der Waals surface area contributed by atoms with Gasteiger partial charge >= 0.3 is 51.4 Å². The van der Waals surface area contributed by atoms with Gasteiger partial charge in [0.15, 0.2) is 0 Å². The van der Waals surface area contributed by atoms with Crippen molar-refractivity contribution in [3.8, 4) is 11.4 Å². The van der Waals surface area contributed by atoms with E-state index in [0.29, 0.717) is 11.7 Å². The smallest absolute Gasteiger partial charge is 0.850 e. The van der Waals surface area contributed by atoms with Crippen LogP contribution < -0.4 is 56.5 Å². The van der Waals surface area contributed by atoms with Crippen LogP contribution in [0.5, 0.6) is 0 Å². The van der Waals surface area contributed by atoms with E-state index in [4.69, 9.17) is 4.52 Å². The molecule has 0 bridgehead atoms. The number of hydrogen-bond donors (Lipinski definition) is 0. The third-order valence-electron chi connectivity index (χ3n) is 1.61. The molecule has 19 heavy (non-hydrogen) atoms. The number of benzene rings is 1. The Morgan fingerprint density at radius 3 is 2.26 bits per heavy atom. The van der Waals surface area contributed by atoms with Crippen molar-refractivity contribution in [2.24, 2.45) is 0 Å². The Labute approximate surface area is 164 Å². The fraction of sp³-hybridized carbons (Fsp3) is 0.385. The molecule has 0 saturated carbocycles. The molecule has 1 aromatic heterocycles. The average molecular weight is 351 g/mol. The predicted octanol–water partition coefficient (Wildman–Crippen LogP) is -0.0433. The van der Waals surface area contributed by atoms with Crippen molar-refractivity contribution in [3.05, 3.63) is 34.6 Å². The predicted molar refractivity (Wildman–Crippen MR) is 71.9 cm³/mol. The number of hydrogen-bond acceptors (Lipinski definition) is 4. The van der Waals surface area contributed by atoms with Gasteiger partial charge in [-0.25, -0.2) is 0 Å². The molecule has 0 atom stereocenters. The fourth-order valence-corrected chi connectivity index (χ4v) is 1.44. The minimum absolute atomic E-state index is 0. The van der Waals surface area contributed by atoms with Gasteiger partial charge in [-0.3, -0.25) is 0 Å². The van der Waals surface area contributed by atoms with Crippen LogP contribution in [0.15, 0.2) is 33.3 Å². The third-order valence-corrected chi connectivity index (χ3v) is 2.10. The van der Waals surface area contributed by atoms with Crippen molar-refractivity contribution in [3.63, 3.8) is 0 Å². The molecule has 1 heterocycles. The summed E-state index contributed by atoms with van der Waals surface area (Å²) >= 11 is 3.38. The molecule has 98 valence electrons. The van der Waals surface area contributed by atoms with Crippen LogP contribution in [0.1, 0.15) is 26.7 Å². The summed E-state index contributed by atoms with van der Waals surface area (Å²) in [4.78, 5) is 4.12. The van der Waals surface area contributed by atoms with Crippen molar-refractivity contribution < 1.29 is 61.0 Å².